The molecule has 2 rings (SSSR count). The molecule has 5 nitrogen and oxygen atoms in total. The number of rotatable bonds is 5. The van der Waals surface area contributed by atoms with E-state index in [1.807, 2.05) is 12.1 Å². The van der Waals surface area contributed by atoms with Crippen LogP contribution in [-0.4, -0.2) is 27.5 Å². The van der Waals surface area contributed by atoms with Gasteiger partial charge in [-0.3, -0.25) is 0 Å². The van der Waals surface area contributed by atoms with Gasteiger partial charge >= 0.3 is 5.97 Å². The van der Waals surface area contributed by atoms with Crippen molar-refractivity contribution in [3.63, 3.8) is 0 Å². The van der Waals surface area contributed by atoms with Gasteiger partial charge in [0.15, 0.2) is 0 Å². The Hall–Kier alpha value is -2.01. The number of aromatic nitrogens is 2. The summed E-state index contributed by atoms with van der Waals surface area (Å²) in [4.78, 5) is 11.1. The Morgan fingerprint density at radius 3 is 2.48 bits per heavy atom. The molecule has 0 amide bonds. The summed E-state index contributed by atoms with van der Waals surface area (Å²) >= 11 is 6.09. The van der Waals surface area contributed by atoms with E-state index in [0.717, 1.165) is 5.75 Å². The number of hydrogen-bond acceptors (Lipinski definition) is 3. The summed E-state index contributed by atoms with van der Waals surface area (Å²) in [5, 5.41) is 13.4. The predicted octanol–water partition coefficient (Wildman–Crippen LogP) is 3.57. The van der Waals surface area contributed by atoms with Crippen LogP contribution in [0.1, 0.15) is 29.9 Å². The fourth-order valence-electron chi connectivity index (χ4n) is 1.86. The van der Waals surface area contributed by atoms with E-state index >= 15 is 0 Å². The minimum Gasteiger partial charge on any atom is -0.493 e. The maximum Gasteiger partial charge on any atom is 0.340 e. The van der Waals surface area contributed by atoms with E-state index in [0.29, 0.717) is 23.9 Å². The highest BCUT2D eigenvalue weighted by molar-refractivity contribution is 6.32. The lowest BCUT2D eigenvalue weighted by molar-refractivity contribution is 0.0696. The first-order valence-electron chi connectivity index (χ1n) is 6.61. The third-order valence-corrected chi connectivity index (χ3v) is 3.23. The number of halogens is 1. The molecule has 0 spiro atoms. The molecule has 0 radical (unpaired) electrons. The number of carbonyl (C=O) groups is 1. The highest BCUT2D eigenvalue weighted by Gasteiger charge is 2.20. The van der Waals surface area contributed by atoms with Crippen molar-refractivity contribution in [2.24, 2.45) is 5.92 Å². The van der Waals surface area contributed by atoms with Crippen LogP contribution in [0.15, 0.2) is 24.3 Å². The van der Waals surface area contributed by atoms with Crippen LogP contribution in [0.3, 0.4) is 0 Å². The molecule has 0 aliphatic rings. The molecule has 1 aromatic heterocycles. The Morgan fingerprint density at radius 2 is 2.00 bits per heavy atom. The Kier molecular flexibility index (Phi) is 4.53. The monoisotopic (exact) mass is 308 g/mol. The lowest BCUT2D eigenvalue weighted by Gasteiger charge is -2.09. The van der Waals surface area contributed by atoms with Crippen LogP contribution in [0.25, 0.3) is 5.69 Å². The largest absolute Gasteiger partial charge is 0.493 e. The molecule has 0 aliphatic heterocycles. The summed E-state index contributed by atoms with van der Waals surface area (Å²) in [5.41, 5.74) is 1.09. The molecule has 0 fully saturated rings. The zero-order valence-corrected chi connectivity index (χ0v) is 12.9. The number of carboxylic acids is 1. The van der Waals surface area contributed by atoms with Crippen LogP contribution >= 0.6 is 11.6 Å². The van der Waals surface area contributed by atoms with Crippen molar-refractivity contribution in [2.75, 3.05) is 6.61 Å². The van der Waals surface area contributed by atoms with E-state index in [2.05, 4.69) is 18.9 Å². The lowest BCUT2D eigenvalue weighted by Crippen LogP contribution is -2.04. The Labute approximate surface area is 128 Å². The molecule has 112 valence electrons. The molecule has 1 N–H and O–H groups in total. The fraction of sp³-hybridized carbons (Fsp3) is 0.333. The molecule has 0 aliphatic carbocycles. The number of aromatic carboxylic acids is 1. The van der Waals surface area contributed by atoms with Gasteiger partial charge in [0, 0.05) is 0 Å². The summed E-state index contributed by atoms with van der Waals surface area (Å²) in [7, 11) is 0. The molecule has 0 atom stereocenters. The summed E-state index contributed by atoms with van der Waals surface area (Å²) in [6.45, 7) is 6.41. The van der Waals surface area contributed by atoms with Gasteiger partial charge in [-0.05, 0) is 37.1 Å². The van der Waals surface area contributed by atoms with Crippen LogP contribution in [0, 0.1) is 12.8 Å². The van der Waals surface area contributed by atoms with E-state index in [-0.39, 0.29) is 10.7 Å². The zero-order chi connectivity index (χ0) is 15.6. The van der Waals surface area contributed by atoms with Crippen LogP contribution in [0.4, 0.5) is 0 Å². The van der Waals surface area contributed by atoms with E-state index in [4.69, 9.17) is 21.4 Å². The Balaban J connectivity index is 2.27. The molecule has 0 unspecified atom stereocenters. The number of nitrogens with zero attached hydrogens (tertiary/aromatic N) is 2. The number of ether oxygens (including phenoxy) is 1. The second-order valence-corrected chi connectivity index (χ2v) is 5.52. The number of hydrogen-bond donors (Lipinski definition) is 1. The second kappa shape index (κ2) is 6.18. The normalized spacial score (nSPS) is 10.9. The van der Waals surface area contributed by atoms with E-state index in [9.17, 15) is 4.79 Å². The van der Waals surface area contributed by atoms with Crippen molar-refractivity contribution >= 4 is 17.6 Å². The van der Waals surface area contributed by atoms with E-state index in [1.54, 1.807) is 19.1 Å². The minimum absolute atomic E-state index is 0.0248. The summed E-state index contributed by atoms with van der Waals surface area (Å²) in [6.07, 6.45) is 0. The lowest BCUT2D eigenvalue weighted by atomic mass is 10.2. The molecule has 21 heavy (non-hydrogen) atoms. The first-order valence-corrected chi connectivity index (χ1v) is 6.99. The van der Waals surface area contributed by atoms with Gasteiger partial charge in [0.05, 0.1) is 18.0 Å². The summed E-state index contributed by atoms with van der Waals surface area (Å²) < 4.78 is 7.01. The number of aryl methyl sites for hydroxylation is 1. The number of benzene rings is 1. The third-order valence-electron chi connectivity index (χ3n) is 2.88. The van der Waals surface area contributed by atoms with Crippen molar-refractivity contribution in [3.8, 4) is 11.4 Å². The molecule has 1 heterocycles. The SMILES string of the molecule is Cc1nn(-c2ccc(OCC(C)C)cc2)c(Cl)c1C(=O)O. The van der Waals surface area contributed by atoms with Gasteiger partial charge in [-0.15, -0.1) is 0 Å². The predicted molar refractivity (Wildman–Crippen MR) is 80.6 cm³/mol. The highest BCUT2D eigenvalue weighted by Crippen LogP contribution is 2.24. The van der Waals surface area contributed by atoms with Crippen LogP contribution in [0.5, 0.6) is 5.75 Å². The van der Waals surface area contributed by atoms with Gasteiger partial charge in [-0.2, -0.15) is 5.10 Å². The molecule has 0 bridgehead atoms. The third kappa shape index (κ3) is 3.36. The average Bonchev–Trinajstić information content (AvgIpc) is 2.72. The van der Waals surface area contributed by atoms with Gasteiger partial charge in [0.2, 0.25) is 0 Å². The van der Waals surface area contributed by atoms with Crippen LogP contribution in [0.2, 0.25) is 5.15 Å². The summed E-state index contributed by atoms with van der Waals surface area (Å²) in [5.74, 6) is 0.123. The van der Waals surface area contributed by atoms with Gasteiger partial charge < -0.3 is 9.84 Å². The topological polar surface area (TPSA) is 64.4 Å². The van der Waals surface area contributed by atoms with Crippen molar-refractivity contribution in [2.45, 2.75) is 20.8 Å². The summed E-state index contributed by atoms with van der Waals surface area (Å²) in [6, 6.07) is 7.20. The van der Waals surface area contributed by atoms with Crippen LogP contribution in [-0.2, 0) is 0 Å². The van der Waals surface area contributed by atoms with Crippen LogP contribution < -0.4 is 4.74 Å². The van der Waals surface area contributed by atoms with Gasteiger partial charge in [0.25, 0.3) is 0 Å². The number of carboxylic acid groups (broad SMARTS) is 1. The first-order chi connectivity index (χ1) is 9.90. The molecular formula is C15H17ClN2O3. The van der Waals surface area contributed by atoms with Crippen molar-refractivity contribution in [1.29, 1.82) is 0 Å². The molecular weight excluding hydrogens is 292 g/mol. The van der Waals surface area contributed by atoms with Crippen molar-refractivity contribution in [1.82, 2.24) is 9.78 Å². The molecule has 1 aromatic carbocycles. The van der Waals surface area contributed by atoms with E-state index in [1.165, 1.54) is 4.68 Å². The van der Waals surface area contributed by atoms with Gasteiger partial charge in [-0.25, -0.2) is 9.48 Å². The Bertz CT molecular complexity index is 648. The minimum atomic E-state index is -1.08. The van der Waals surface area contributed by atoms with Crippen molar-refractivity contribution < 1.29 is 14.6 Å². The second-order valence-electron chi connectivity index (χ2n) is 5.17. The van der Waals surface area contributed by atoms with Crippen molar-refractivity contribution in [3.05, 3.63) is 40.7 Å². The standard InChI is InChI=1S/C15H17ClN2O3/c1-9(2)8-21-12-6-4-11(5-7-12)18-14(16)13(15(19)20)10(3)17-18/h4-7,9H,8H2,1-3H3,(H,19,20). The Morgan fingerprint density at radius 1 is 1.38 bits per heavy atom. The van der Waals surface area contributed by atoms with E-state index < -0.39 is 5.97 Å². The molecule has 0 saturated carbocycles. The molecule has 0 saturated heterocycles. The van der Waals surface area contributed by atoms with Gasteiger partial charge in [-0.1, -0.05) is 25.4 Å². The smallest absolute Gasteiger partial charge is 0.340 e. The quantitative estimate of drug-likeness (QED) is 0.917. The first kappa shape index (κ1) is 15.4. The molecule has 2 aromatic rings. The average molecular weight is 309 g/mol. The van der Waals surface area contributed by atoms with Gasteiger partial charge in [0.1, 0.15) is 16.5 Å². The maximum absolute atomic E-state index is 11.1. The highest BCUT2D eigenvalue weighted by atomic mass is 35.5. The maximum atomic E-state index is 11.1. The molecule has 6 heteroatoms. The fourth-order valence-corrected chi connectivity index (χ4v) is 2.21. The zero-order valence-electron chi connectivity index (χ0n) is 12.1.